The SMILES string of the molecule is CC(P)[SiH2]Cl. The Morgan fingerprint density at radius 2 is 2.20 bits per heavy atom. The van der Waals surface area contributed by atoms with E-state index in [2.05, 4.69) is 16.2 Å². The number of hydrogen-bond acceptors (Lipinski definition) is 0. The molecule has 0 spiro atoms. The van der Waals surface area contributed by atoms with Crippen molar-refractivity contribution in [1.82, 2.24) is 0 Å². The highest BCUT2D eigenvalue weighted by molar-refractivity contribution is 7.25. The molecule has 0 fully saturated rings. The lowest BCUT2D eigenvalue weighted by Gasteiger charge is -1.87. The van der Waals surface area contributed by atoms with Crippen LogP contribution in [0, 0.1) is 0 Å². The van der Waals surface area contributed by atoms with Crippen LogP contribution in [0.4, 0.5) is 0 Å². The molecule has 0 aliphatic carbocycles. The van der Waals surface area contributed by atoms with E-state index >= 15 is 0 Å². The lowest BCUT2D eigenvalue weighted by Crippen LogP contribution is -1.92. The third-order valence-corrected chi connectivity index (χ3v) is 3.79. The molecule has 32 valence electrons. The van der Waals surface area contributed by atoms with Crippen LogP contribution >= 0.6 is 20.3 Å². The van der Waals surface area contributed by atoms with Gasteiger partial charge in [0.05, 0.1) is 0 Å². The molecule has 0 aliphatic heterocycles. The van der Waals surface area contributed by atoms with E-state index in [1.807, 2.05) is 0 Å². The summed E-state index contributed by atoms with van der Waals surface area (Å²) in [5, 5.41) is 0.705. The minimum Gasteiger partial charge on any atom is -0.176 e. The Balaban J connectivity index is 2.54. The van der Waals surface area contributed by atoms with Gasteiger partial charge in [0.25, 0.3) is 0 Å². The summed E-state index contributed by atoms with van der Waals surface area (Å²) in [6.45, 7) is 2.11. The van der Waals surface area contributed by atoms with Gasteiger partial charge in [-0.2, -0.15) is 11.1 Å². The molecule has 0 heterocycles. The fourth-order valence-corrected chi connectivity index (χ4v) is 0. The van der Waals surface area contributed by atoms with Crippen LogP contribution in [0.5, 0.6) is 0 Å². The van der Waals surface area contributed by atoms with Gasteiger partial charge in [-0.15, -0.1) is 9.24 Å². The lowest BCUT2D eigenvalue weighted by atomic mass is 11.0. The van der Waals surface area contributed by atoms with Crippen LogP contribution < -0.4 is 0 Å². The van der Waals surface area contributed by atoms with Gasteiger partial charge in [-0.3, -0.25) is 0 Å². The van der Waals surface area contributed by atoms with Gasteiger partial charge in [0.2, 0.25) is 0 Å². The zero-order chi connectivity index (χ0) is 4.28. The molecule has 0 rings (SSSR count). The molecule has 5 heavy (non-hydrogen) atoms. The van der Waals surface area contributed by atoms with E-state index in [0.717, 1.165) is 0 Å². The van der Waals surface area contributed by atoms with Crippen LogP contribution in [0.25, 0.3) is 0 Å². The van der Waals surface area contributed by atoms with E-state index in [0.29, 0.717) is 5.28 Å². The Kier molecular flexibility index (Phi) is 3.73. The molecule has 0 radical (unpaired) electrons. The van der Waals surface area contributed by atoms with Crippen molar-refractivity contribution >= 4 is 29.1 Å². The predicted molar refractivity (Wildman–Crippen MR) is 33.6 cm³/mol. The maximum Gasteiger partial charge on any atom is 0.131 e. The molecule has 0 aliphatic rings. The summed E-state index contributed by atoms with van der Waals surface area (Å²) in [7, 11) is 2.45. The molecular weight excluding hydrogens is 119 g/mol. The summed E-state index contributed by atoms with van der Waals surface area (Å²) in [5.41, 5.74) is 0. The minimum absolute atomic E-state index is 0.216. The van der Waals surface area contributed by atoms with E-state index in [-0.39, 0.29) is 8.83 Å². The third-order valence-electron chi connectivity index (χ3n) is 0.243. The van der Waals surface area contributed by atoms with Gasteiger partial charge in [0, 0.05) is 0 Å². The molecule has 0 bridgehead atoms. The van der Waals surface area contributed by atoms with Crippen molar-refractivity contribution < 1.29 is 0 Å². The first-order chi connectivity index (χ1) is 2.27. The normalized spacial score (nSPS) is 17.4. The summed E-state index contributed by atoms with van der Waals surface area (Å²) in [6, 6.07) is 0. The Morgan fingerprint density at radius 3 is 2.20 bits per heavy atom. The highest BCUT2D eigenvalue weighted by Gasteiger charge is 1.84. The Bertz CT molecular complexity index is 23.6. The quantitative estimate of drug-likeness (QED) is 0.273. The topological polar surface area (TPSA) is 0 Å². The maximum absolute atomic E-state index is 5.45. The average molecular weight is 127 g/mol. The third kappa shape index (κ3) is 4.94. The van der Waals surface area contributed by atoms with E-state index in [1.54, 1.807) is 0 Å². The van der Waals surface area contributed by atoms with Crippen LogP contribution in [-0.4, -0.2) is 14.1 Å². The van der Waals surface area contributed by atoms with Crippen LogP contribution in [-0.2, 0) is 0 Å². The summed E-state index contributed by atoms with van der Waals surface area (Å²) >= 11 is 5.45. The van der Waals surface area contributed by atoms with Crippen molar-refractivity contribution in [3.63, 3.8) is 0 Å². The zero-order valence-corrected chi connectivity index (χ0v) is 6.56. The van der Waals surface area contributed by atoms with Crippen LogP contribution in [0.2, 0.25) is 0 Å². The summed E-state index contributed by atoms with van der Waals surface area (Å²) in [6.07, 6.45) is 0. The number of rotatable bonds is 1. The van der Waals surface area contributed by atoms with Gasteiger partial charge in [-0.1, -0.05) is 6.92 Å². The predicted octanol–water partition coefficient (Wildman–Crippen LogP) is 0.530. The molecular formula is C2H8ClPSi. The summed E-state index contributed by atoms with van der Waals surface area (Å²) < 4.78 is 0. The van der Waals surface area contributed by atoms with Gasteiger partial charge in [0.15, 0.2) is 0 Å². The highest BCUT2D eigenvalue weighted by atomic mass is 35.6. The van der Waals surface area contributed by atoms with Gasteiger partial charge in [-0.25, -0.2) is 0 Å². The smallest absolute Gasteiger partial charge is 0.131 e. The average Bonchev–Trinajstić information content (AvgIpc) is 1.38. The van der Waals surface area contributed by atoms with E-state index in [4.69, 9.17) is 11.1 Å². The summed E-state index contributed by atoms with van der Waals surface area (Å²) in [5.74, 6) is 0. The summed E-state index contributed by atoms with van der Waals surface area (Å²) in [4.78, 5) is 0. The first-order valence-electron chi connectivity index (χ1n) is 1.59. The Hall–Kier alpha value is 0.937. The molecule has 0 amide bonds. The molecule has 0 saturated carbocycles. The van der Waals surface area contributed by atoms with Crippen molar-refractivity contribution in [2.45, 2.75) is 12.2 Å². The molecule has 3 heteroatoms. The Labute approximate surface area is 42.0 Å². The molecule has 0 nitrogen and oxygen atoms in total. The molecule has 0 saturated heterocycles. The zero-order valence-electron chi connectivity index (χ0n) is 3.24. The number of halogens is 1. The molecule has 0 aromatic carbocycles. The highest BCUT2D eigenvalue weighted by Crippen LogP contribution is 1.94. The van der Waals surface area contributed by atoms with Crippen molar-refractivity contribution in [3.05, 3.63) is 0 Å². The standard InChI is InChI=1S/C2H8ClPSi/c1-2(4)5-3/h2H,4-5H2,1H3. The van der Waals surface area contributed by atoms with Crippen LogP contribution in [0.3, 0.4) is 0 Å². The fraction of sp³-hybridized carbons (Fsp3) is 1.00. The molecule has 0 aromatic heterocycles. The van der Waals surface area contributed by atoms with E-state index < -0.39 is 0 Å². The van der Waals surface area contributed by atoms with Crippen molar-refractivity contribution in [3.8, 4) is 0 Å². The molecule has 2 unspecified atom stereocenters. The molecule has 0 aromatic rings. The first-order valence-corrected chi connectivity index (χ1v) is 5.21. The molecule has 2 atom stereocenters. The Morgan fingerprint density at radius 1 is 2.00 bits per heavy atom. The number of hydrogen-bond donors (Lipinski definition) is 0. The largest absolute Gasteiger partial charge is 0.176 e. The fourth-order valence-electron chi connectivity index (χ4n) is 0. The van der Waals surface area contributed by atoms with Gasteiger partial charge >= 0.3 is 0 Å². The van der Waals surface area contributed by atoms with Crippen molar-refractivity contribution in [2.24, 2.45) is 0 Å². The minimum atomic E-state index is -0.216. The van der Waals surface area contributed by atoms with Crippen LogP contribution in [0.1, 0.15) is 6.92 Å². The van der Waals surface area contributed by atoms with E-state index in [1.165, 1.54) is 0 Å². The van der Waals surface area contributed by atoms with Gasteiger partial charge < -0.3 is 0 Å². The van der Waals surface area contributed by atoms with E-state index in [9.17, 15) is 0 Å². The second kappa shape index (κ2) is 3.14. The van der Waals surface area contributed by atoms with Crippen molar-refractivity contribution in [2.75, 3.05) is 0 Å². The molecule has 0 N–H and O–H groups in total. The first kappa shape index (κ1) is 5.94. The van der Waals surface area contributed by atoms with Gasteiger partial charge in [-0.05, 0) is 5.28 Å². The van der Waals surface area contributed by atoms with Gasteiger partial charge in [0.1, 0.15) is 8.83 Å². The van der Waals surface area contributed by atoms with Crippen LogP contribution in [0.15, 0.2) is 0 Å². The monoisotopic (exact) mass is 126 g/mol. The second-order valence-electron chi connectivity index (χ2n) is 1.13. The van der Waals surface area contributed by atoms with Crippen molar-refractivity contribution in [1.29, 1.82) is 0 Å². The lowest BCUT2D eigenvalue weighted by molar-refractivity contribution is 1.40. The maximum atomic E-state index is 5.45. The second-order valence-corrected chi connectivity index (χ2v) is 5.73.